The van der Waals surface area contributed by atoms with Crippen LogP contribution >= 0.6 is 23.1 Å². The normalized spacial score (nSPS) is 15.0. The summed E-state index contributed by atoms with van der Waals surface area (Å²) in [6.07, 6.45) is 3.71. The van der Waals surface area contributed by atoms with E-state index < -0.39 is 5.25 Å². The zero-order valence-electron chi connectivity index (χ0n) is 12.9. The fourth-order valence-electron chi connectivity index (χ4n) is 2.41. The zero-order valence-corrected chi connectivity index (χ0v) is 14.5. The highest BCUT2D eigenvalue weighted by Crippen LogP contribution is 2.23. The van der Waals surface area contributed by atoms with Crippen LogP contribution in [0.4, 0.5) is 5.13 Å². The number of carbonyl (C=O) groups excluding carboxylic acids is 1. The van der Waals surface area contributed by atoms with Gasteiger partial charge in [0.25, 0.3) is 5.56 Å². The standard InChI is InChI=1S/C14H17N5O2S2/c1-7(11(20)16-14-19-18-8(2)23-14)22-13-15-10-6-4-3-5-9(10)12(21)17-13/h7H,3-6H2,1-2H3,(H,15,17,21)(H,16,19,20). The molecule has 2 aromatic heterocycles. The van der Waals surface area contributed by atoms with Crippen LogP contribution < -0.4 is 10.9 Å². The molecule has 1 unspecified atom stereocenters. The van der Waals surface area contributed by atoms with Gasteiger partial charge in [-0.15, -0.1) is 10.2 Å². The summed E-state index contributed by atoms with van der Waals surface area (Å²) in [5, 5.41) is 11.8. The Morgan fingerprint density at radius 1 is 1.35 bits per heavy atom. The maximum atomic E-state index is 12.2. The van der Waals surface area contributed by atoms with Crippen molar-refractivity contribution in [1.29, 1.82) is 0 Å². The van der Waals surface area contributed by atoms with Gasteiger partial charge in [-0.05, 0) is 39.5 Å². The molecule has 0 spiro atoms. The first kappa shape index (κ1) is 16.1. The first-order chi connectivity index (χ1) is 11.0. The van der Waals surface area contributed by atoms with Gasteiger partial charge in [0.05, 0.1) is 10.9 Å². The van der Waals surface area contributed by atoms with Gasteiger partial charge in [-0.3, -0.25) is 14.9 Å². The molecule has 2 aromatic rings. The topological polar surface area (TPSA) is 101 Å². The number of hydrogen-bond acceptors (Lipinski definition) is 7. The maximum Gasteiger partial charge on any atom is 0.254 e. The molecule has 23 heavy (non-hydrogen) atoms. The molecule has 122 valence electrons. The summed E-state index contributed by atoms with van der Waals surface area (Å²) in [6.45, 7) is 3.60. The Bertz CT molecular complexity index is 786. The number of thioether (sulfide) groups is 1. The van der Waals surface area contributed by atoms with Crippen LogP contribution in [0.25, 0.3) is 0 Å². The minimum atomic E-state index is -0.399. The lowest BCUT2D eigenvalue weighted by Crippen LogP contribution is -2.25. The second kappa shape index (κ2) is 6.79. The van der Waals surface area contributed by atoms with Crippen molar-refractivity contribution < 1.29 is 4.79 Å². The number of anilines is 1. The second-order valence-corrected chi connectivity index (χ2v) is 7.89. The Kier molecular flexibility index (Phi) is 4.76. The van der Waals surface area contributed by atoms with Crippen LogP contribution in [0.1, 0.15) is 36.0 Å². The number of hydrogen-bond donors (Lipinski definition) is 2. The molecule has 2 heterocycles. The molecule has 0 saturated carbocycles. The van der Waals surface area contributed by atoms with Crippen LogP contribution in [0.5, 0.6) is 0 Å². The first-order valence-electron chi connectivity index (χ1n) is 7.42. The molecule has 7 nitrogen and oxygen atoms in total. The fourth-order valence-corrected chi connectivity index (χ4v) is 3.82. The molecular weight excluding hydrogens is 334 g/mol. The van der Waals surface area contributed by atoms with E-state index in [4.69, 9.17) is 0 Å². The van der Waals surface area contributed by atoms with Gasteiger partial charge in [0.1, 0.15) is 5.01 Å². The van der Waals surface area contributed by atoms with Crippen molar-refractivity contribution in [3.63, 3.8) is 0 Å². The highest BCUT2D eigenvalue weighted by molar-refractivity contribution is 8.00. The van der Waals surface area contributed by atoms with Gasteiger partial charge in [0.15, 0.2) is 5.16 Å². The van der Waals surface area contributed by atoms with Crippen molar-refractivity contribution in [1.82, 2.24) is 20.2 Å². The number of H-pyrrole nitrogens is 1. The van der Waals surface area contributed by atoms with Gasteiger partial charge in [-0.2, -0.15) is 0 Å². The molecule has 3 rings (SSSR count). The number of amides is 1. The van der Waals surface area contributed by atoms with E-state index in [2.05, 4.69) is 25.5 Å². The average molecular weight is 351 g/mol. The summed E-state index contributed by atoms with van der Waals surface area (Å²) in [5.41, 5.74) is 1.58. The summed E-state index contributed by atoms with van der Waals surface area (Å²) in [6, 6.07) is 0. The van der Waals surface area contributed by atoms with E-state index in [1.165, 1.54) is 23.1 Å². The molecule has 0 radical (unpaired) electrons. The fraction of sp³-hybridized carbons (Fsp3) is 0.500. The third-order valence-electron chi connectivity index (χ3n) is 3.58. The van der Waals surface area contributed by atoms with Crippen molar-refractivity contribution in [2.75, 3.05) is 5.32 Å². The van der Waals surface area contributed by atoms with Gasteiger partial charge >= 0.3 is 0 Å². The van der Waals surface area contributed by atoms with Crippen molar-refractivity contribution in [3.8, 4) is 0 Å². The number of nitrogens with one attached hydrogen (secondary N) is 2. The maximum absolute atomic E-state index is 12.2. The van der Waals surface area contributed by atoms with Crippen molar-refractivity contribution >= 4 is 34.1 Å². The lowest BCUT2D eigenvalue weighted by Gasteiger charge is -2.15. The minimum Gasteiger partial charge on any atom is -0.301 e. The van der Waals surface area contributed by atoms with Gasteiger partial charge in [0.2, 0.25) is 11.0 Å². The van der Waals surface area contributed by atoms with Crippen LogP contribution in [0.15, 0.2) is 9.95 Å². The van der Waals surface area contributed by atoms with Crippen LogP contribution in [-0.2, 0) is 17.6 Å². The van der Waals surface area contributed by atoms with E-state index in [1.54, 1.807) is 6.92 Å². The van der Waals surface area contributed by atoms with Crippen molar-refractivity contribution in [3.05, 3.63) is 26.6 Å². The Morgan fingerprint density at radius 2 is 2.13 bits per heavy atom. The number of fused-ring (bicyclic) bond motifs is 1. The molecule has 2 N–H and O–H groups in total. The molecule has 9 heteroatoms. The Hall–Kier alpha value is -1.74. The largest absolute Gasteiger partial charge is 0.301 e. The molecule has 0 bridgehead atoms. The lowest BCUT2D eigenvalue weighted by molar-refractivity contribution is -0.115. The second-order valence-electron chi connectivity index (χ2n) is 5.38. The summed E-state index contributed by atoms with van der Waals surface area (Å²) in [5.74, 6) is -0.188. The van der Waals surface area contributed by atoms with Crippen molar-refractivity contribution in [2.45, 2.75) is 49.9 Å². The summed E-state index contributed by atoms with van der Waals surface area (Å²) < 4.78 is 0. The Labute approximate surface area is 141 Å². The average Bonchev–Trinajstić information content (AvgIpc) is 2.92. The predicted octanol–water partition coefficient (Wildman–Crippen LogP) is 1.93. The summed E-state index contributed by atoms with van der Waals surface area (Å²) in [4.78, 5) is 31.6. The molecule has 0 aliphatic heterocycles. The smallest absolute Gasteiger partial charge is 0.254 e. The molecule has 1 aliphatic carbocycles. The van der Waals surface area contributed by atoms with E-state index in [0.29, 0.717) is 10.3 Å². The van der Waals surface area contributed by atoms with E-state index in [-0.39, 0.29) is 11.5 Å². The van der Waals surface area contributed by atoms with E-state index in [1.807, 2.05) is 6.92 Å². The molecule has 0 saturated heterocycles. The number of aromatic nitrogens is 4. The monoisotopic (exact) mass is 351 g/mol. The van der Waals surface area contributed by atoms with Crippen molar-refractivity contribution in [2.24, 2.45) is 0 Å². The lowest BCUT2D eigenvalue weighted by atomic mass is 9.97. The Balaban J connectivity index is 1.70. The SMILES string of the molecule is Cc1nnc(NC(=O)C(C)Sc2nc3c(c(=O)[nH]2)CCCC3)s1. The summed E-state index contributed by atoms with van der Waals surface area (Å²) in [7, 11) is 0. The molecule has 1 atom stereocenters. The molecule has 1 aliphatic rings. The number of aryl methyl sites for hydroxylation is 2. The van der Waals surface area contributed by atoms with Gasteiger partial charge < -0.3 is 4.98 Å². The minimum absolute atomic E-state index is 0.0791. The molecule has 1 amide bonds. The zero-order chi connectivity index (χ0) is 16.4. The molecular formula is C14H17N5O2S2. The number of nitrogens with zero attached hydrogens (tertiary/aromatic N) is 3. The first-order valence-corrected chi connectivity index (χ1v) is 9.12. The van der Waals surface area contributed by atoms with Crippen LogP contribution in [0.3, 0.4) is 0 Å². The van der Waals surface area contributed by atoms with E-state index in [9.17, 15) is 9.59 Å². The Morgan fingerprint density at radius 3 is 2.87 bits per heavy atom. The predicted molar refractivity (Wildman–Crippen MR) is 90.1 cm³/mol. The van der Waals surface area contributed by atoms with Gasteiger partial charge in [-0.25, -0.2) is 4.98 Å². The van der Waals surface area contributed by atoms with Gasteiger partial charge in [-0.1, -0.05) is 23.1 Å². The van der Waals surface area contributed by atoms with Crippen LogP contribution in [0.2, 0.25) is 0 Å². The van der Waals surface area contributed by atoms with E-state index >= 15 is 0 Å². The van der Waals surface area contributed by atoms with Gasteiger partial charge in [0, 0.05) is 5.56 Å². The highest BCUT2D eigenvalue weighted by atomic mass is 32.2. The third-order valence-corrected chi connectivity index (χ3v) is 5.32. The quantitative estimate of drug-likeness (QED) is 0.645. The third kappa shape index (κ3) is 3.78. The number of aromatic amines is 1. The number of rotatable bonds is 4. The molecule has 0 aromatic carbocycles. The number of carbonyl (C=O) groups is 1. The highest BCUT2D eigenvalue weighted by Gasteiger charge is 2.20. The van der Waals surface area contributed by atoms with Crippen LogP contribution in [-0.4, -0.2) is 31.3 Å². The summed E-state index contributed by atoms with van der Waals surface area (Å²) >= 11 is 2.57. The van der Waals surface area contributed by atoms with Crippen LogP contribution in [0, 0.1) is 6.92 Å². The molecule has 0 fully saturated rings. The van der Waals surface area contributed by atoms with E-state index in [0.717, 1.165) is 41.9 Å².